The highest BCUT2D eigenvalue weighted by Gasteiger charge is 2.07. The van der Waals surface area contributed by atoms with Gasteiger partial charge in [-0.2, -0.15) is 11.3 Å². The van der Waals surface area contributed by atoms with Crippen molar-refractivity contribution in [3.63, 3.8) is 0 Å². The maximum Gasteiger partial charge on any atom is 0.303 e. The zero-order valence-corrected chi connectivity index (χ0v) is 19.5. The van der Waals surface area contributed by atoms with E-state index >= 15 is 0 Å². The quantitative estimate of drug-likeness (QED) is 0.267. The second-order valence-corrected chi connectivity index (χ2v) is 8.59. The van der Waals surface area contributed by atoms with Gasteiger partial charge in [0.15, 0.2) is 0 Å². The number of carboxylic acids is 1. The third-order valence-corrected chi connectivity index (χ3v) is 6.06. The number of carbonyl (C=O) groups is 1. The van der Waals surface area contributed by atoms with E-state index in [1.165, 1.54) is 11.1 Å². The van der Waals surface area contributed by atoms with E-state index in [4.69, 9.17) is 14.6 Å². The van der Waals surface area contributed by atoms with Crippen LogP contribution in [0.2, 0.25) is 0 Å². The maximum atomic E-state index is 10.9. The van der Waals surface area contributed by atoms with Gasteiger partial charge in [-0.05, 0) is 83.8 Å². The van der Waals surface area contributed by atoms with Crippen LogP contribution in [0.3, 0.4) is 0 Å². The molecule has 0 aliphatic heterocycles. The Morgan fingerprint density at radius 1 is 0.875 bits per heavy atom. The van der Waals surface area contributed by atoms with Gasteiger partial charge in [-0.1, -0.05) is 37.1 Å². The van der Waals surface area contributed by atoms with E-state index < -0.39 is 5.97 Å². The van der Waals surface area contributed by atoms with E-state index in [0.717, 1.165) is 54.7 Å². The fraction of sp³-hybridized carbons (Fsp3) is 0.370. The molecule has 0 fully saturated rings. The molecule has 0 unspecified atom stereocenters. The molecule has 0 aliphatic carbocycles. The molecule has 0 saturated carbocycles. The van der Waals surface area contributed by atoms with Crippen molar-refractivity contribution in [2.45, 2.75) is 51.9 Å². The van der Waals surface area contributed by atoms with Gasteiger partial charge >= 0.3 is 5.97 Å². The van der Waals surface area contributed by atoms with Gasteiger partial charge in [0.05, 0.1) is 13.2 Å². The fourth-order valence-corrected chi connectivity index (χ4v) is 4.41. The zero-order chi connectivity index (χ0) is 22.6. The normalized spacial score (nSPS) is 10.8. The predicted molar refractivity (Wildman–Crippen MR) is 131 cm³/mol. The molecule has 5 heteroatoms. The third kappa shape index (κ3) is 7.72. The number of benzene rings is 2. The topological polar surface area (TPSA) is 55.8 Å². The van der Waals surface area contributed by atoms with E-state index in [2.05, 4.69) is 35.0 Å². The van der Waals surface area contributed by atoms with Crippen LogP contribution in [0.4, 0.5) is 0 Å². The fourth-order valence-electron chi connectivity index (χ4n) is 3.75. The third-order valence-electron chi connectivity index (χ3n) is 5.38. The minimum atomic E-state index is -0.742. The van der Waals surface area contributed by atoms with E-state index in [0.29, 0.717) is 19.6 Å². The molecule has 0 aliphatic rings. The van der Waals surface area contributed by atoms with Gasteiger partial charge in [0.1, 0.15) is 11.5 Å². The van der Waals surface area contributed by atoms with Crippen LogP contribution in [0.5, 0.6) is 11.5 Å². The molecular formula is C27H32O4S. The van der Waals surface area contributed by atoms with Crippen LogP contribution in [0.25, 0.3) is 11.1 Å². The van der Waals surface area contributed by atoms with Crippen molar-refractivity contribution in [3.05, 3.63) is 70.4 Å². The van der Waals surface area contributed by atoms with E-state index in [1.54, 1.807) is 11.3 Å². The molecule has 32 heavy (non-hydrogen) atoms. The number of aliphatic carboxylic acids is 1. The number of aryl methyl sites for hydroxylation is 2. The first-order valence-electron chi connectivity index (χ1n) is 11.4. The molecule has 1 aromatic heterocycles. The van der Waals surface area contributed by atoms with Crippen molar-refractivity contribution >= 4 is 17.3 Å². The molecule has 2 aromatic carbocycles. The second-order valence-electron chi connectivity index (χ2n) is 7.81. The summed E-state index contributed by atoms with van der Waals surface area (Å²) in [4.78, 5) is 10.9. The van der Waals surface area contributed by atoms with Crippen molar-refractivity contribution in [3.8, 4) is 22.6 Å². The Labute approximate surface area is 194 Å². The average molecular weight is 453 g/mol. The van der Waals surface area contributed by atoms with Crippen molar-refractivity contribution in [2.75, 3.05) is 13.2 Å². The molecule has 3 rings (SSSR count). The highest BCUT2D eigenvalue weighted by Crippen LogP contribution is 2.31. The number of hydrogen-bond acceptors (Lipinski definition) is 4. The molecule has 1 heterocycles. The zero-order valence-electron chi connectivity index (χ0n) is 18.7. The smallest absolute Gasteiger partial charge is 0.303 e. The Kier molecular flexibility index (Phi) is 9.63. The number of ether oxygens (including phenoxy) is 2. The molecular weight excluding hydrogens is 420 g/mol. The van der Waals surface area contributed by atoms with Crippen LogP contribution < -0.4 is 9.47 Å². The minimum absolute atomic E-state index is 0.187. The largest absolute Gasteiger partial charge is 0.494 e. The highest BCUT2D eigenvalue weighted by atomic mass is 32.1. The summed E-state index contributed by atoms with van der Waals surface area (Å²) in [5, 5.41) is 13.1. The van der Waals surface area contributed by atoms with Gasteiger partial charge in [-0.15, -0.1) is 0 Å². The van der Waals surface area contributed by atoms with Crippen molar-refractivity contribution < 1.29 is 19.4 Å². The van der Waals surface area contributed by atoms with Crippen molar-refractivity contribution in [1.29, 1.82) is 0 Å². The lowest BCUT2D eigenvalue weighted by Crippen LogP contribution is -2.01. The summed E-state index contributed by atoms with van der Waals surface area (Å²) in [5.74, 6) is 0.950. The minimum Gasteiger partial charge on any atom is -0.494 e. The van der Waals surface area contributed by atoms with Crippen LogP contribution in [0.15, 0.2) is 59.3 Å². The van der Waals surface area contributed by atoms with Crippen LogP contribution in [-0.4, -0.2) is 24.3 Å². The molecule has 3 aromatic rings. The molecule has 0 spiro atoms. The van der Waals surface area contributed by atoms with E-state index in [1.807, 2.05) is 31.2 Å². The monoisotopic (exact) mass is 452 g/mol. The molecule has 4 nitrogen and oxygen atoms in total. The molecule has 170 valence electrons. The summed E-state index contributed by atoms with van der Waals surface area (Å²) in [6.45, 7) is 3.31. The Morgan fingerprint density at radius 3 is 2.28 bits per heavy atom. The number of rotatable bonds is 14. The number of hydrogen-bond donors (Lipinski definition) is 1. The average Bonchev–Trinajstić information content (AvgIpc) is 3.33. The highest BCUT2D eigenvalue weighted by molar-refractivity contribution is 7.08. The van der Waals surface area contributed by atoms with Gasteiger partial charge < -0.3 is 14.6 Å². The Morgan fingerprint density at radius 2 is 1.59 bits per heavy atom. The van der Waals surface area contributed by atoms with Gasteiger partial charge in [0, 0.05) is 12.5 Å². The van der Waals surface area contributed by atoms with E-state index in [9.17, 15) is 4.79 Å². The molecule has 1 N–H and O–H groups in total. The van der Waals surface area contributed by atoms with Crippen molar-refractivity contribution in [2.24, 2.45) is 0 Å². The van der Waals surface area contributed by atoms with Gasteiger partial charge in [-0.25, -0.2) is 0 Å². The summed E-state index contributed by atoms with van der Waals surface area (Å²) >= 11 is 1.68. The van der Waals surface area contributed by atoms with Crippen LogP contribution in [-0.2, 0) is 17.6 Å². The van der Waals surface area contributed by atoms with Gasteiger partial charge in [0.2, 0.25) is 0 Å². The summed E-state index contributed by atoms with van der Waals surface area (Å²) in [6, 6.07) is 16.4. The lowest BCUT2D eigenvalue weighted by atomic mass is 9.98. The Balaban J connectivity index is 1.41. The lowest BCUT2D eigenvalue weighted by Gasteiger charge is -2.12. The first kappa shape index (κ1) is 23.9. The molecule has 0 saturated heterocycles. The van der Waals surface area contributed by atoms with Gasteiger partial charge in [-0.3, -0.25) is 4.79 Å². The van der Waals surface area contributed by atoms with Crippen LogP contribution in [0, 0.1) is 0 Å². The van der Waals surface area contributed by atoms with Crippen molar-refractivity contribution in [1.82, 2.24) is 0 Å². The lowest BCUT2D eigenvalue weighted by molar-refractivity contribution is -0.136. The molecule has 0 bridgehead atoms. The second kappa shape index (κ2) is 12.9. The number of carboxylic acid groups (broad SMARTS) is 1. The predicted octanol–water partition coefficient (Wildman–Crippen LogP) is 7.01. The molecule has 0 radical (unpaired) electrons. The van der Waals surface area contributed by atoms with Crippen LogP contribution in [0.1, 0.15) is 50.2 Å². The molecule has 0 atom stereocenters. The number of unbranched alkanes of at least 4 members (excludes halogenated alkanes) is 3. The molecule has 0 amide bonds. The summed E-state index contributed by atoms with van der Waals surface area (Å²) < 4.78 is 11.8. The first-order valence-corrected chi connectivity index (χ1v) is 12.3. The summed E-state index contributed by atoms with van der Waals surface area (Å²) in [5.41, 5.74) is 4.74. The summed E-state index contributed by atoms with van der Waals surface area (Å²) in [7, 11) is 0. The summed E-state index contributed by atoms with van der Waals surface area (Å²) in [6.07, 6.45) is 6.15. The SMILES string of the molecule is CCOc1cc(OCCCCCCc2ccccc2CCC(=O)O)cc(-c2ccsc2)c1. The standard InChI is InChI=1S/C27H32O4S/c1-2-30-25-17-24(23-14-16-32-20-23)18-26(19-25)31-15-8-4-3-5-9-21-10-6-7-11-22(21)12-13-27(28)29/h6-7,10-11,14,16-20H,2-5,8-9,12-13,15H2,1H3,(H,28,29). The number of thiophene rings is 1. The van der Waals surface area contributed by atoms with E-state index in [-0.39, 0.29) is 6.42 Å². The van der Waals surface area contributed by atoms with Gasteiger partial charge in [0.25, 0.3) is 0 Å². The maximum absolute atomic E-state index is 10.9. The Bertz CT molecular complexity index is 966. The Hall–Kier alpha value is -2.79. The first-order chi connectivity index (χ1) is 15.7. The van der Waals surface area contributed by atoms with Crippen LogP contribution >= 0.6 is 11.3 Å².